The number of halogens is 1. The lowest BCUT2D eigenvalue weighted by Gasteiger charge is -2.60. The molecule has 3 saturated carbocycles. The summed E-state index contributed by atoms with van der Waals surface area (Å²) in [6.07, 6.45) is 4.78. The minimum Gasteiger partial charge on any atom is -0.454 e. The fourth-order valence-electron chi connectivity index (χ4n) is 8.26. The maximum atomic E-state index is 13.4. The highest BCUT2D eigenvalue weighted by atomic mass is 35.5. The van der Waals surface area contributed by atoms with Gasteiger partial charge in [0.05, 0.1) is 21.6 Å². The van der Waals surface area contributed by atoms with Crippen molar-refractivity contribution in [2.24, 2.45) is 28.6 Å². The molecule has 0 bridgehead atoms. The Morgan fingerprint density at radius 3 is 2.63 bits per heavy atom. The molecule has 0 aliphatic heterocycles. The third-order valence-corrected chi connectivity index (χ3v) is 10.5. The summed E-state index contributed by atoms with van der Waals surface area (Å²) in [6, 6.07) is 3.31. The number of nitro benzene ring substituents is 1. The van der Waals surface area contributed by atoms with Crippen LogP contribution in [0.4, 0.5) is 5.69 Å². The number of non-ortho nitro benzene ring substituents is 1. The average molecular weight is 546 g/mol. The molecule has 4 aliphatic rings. The number of allylic oxidation sites excluding steroid dienone is 1. The number of carbonyl (C=O) groups excluding carboxylic acids is 3. The number of nitro groups is 1. The maximum Gasteiger partial charge on any atom is 0.340 e. The molecule has 7 atom stereocenters. The van der Waals surface area contributed by atoms with Crippen LogP contribution in [0.2, 0.25) is 5.02 Å². The average Bonchev–Trinajstić information content (AvgIpc) is 3.13. The van der Waals surface area contributed by atoms with E-state index in [1.165, 1.54) is 0 Å². The molecule has 2 N–H and O–H groups in total. The molecule has 38 heavy (non-hydrogen) atoms. The summed E-state index contributed by atoms with van der Waals surface area (Å²) in [5.41, 5.74) is -2.24. The molecule has 0 heterocycles. The monoisotopic (exact) mass is 545 g/mol. The molecule has 1 aromatic carbocycles. The van der Waals surface area contributed by atoms with Crippen LogP contribution in [0.1, 0.15) is 69.2 Å². The number of esters is 1. The molecule has 0 saturated heterocycles. The number of hydrogen-bond acceptors (Lipinski definition) is 8. The van der Waals surface area contributed by atoms with Gasteiger partial charge in [-0.25, -0.2) is 4.79 Å². The lowest BCUT2D eigenvalue weighted by Crippen LogP contribution is -2.62. The smallest absolute Gasteiger partial charge is 0.340 e. The van der Waals surface area contributed by atoms with Gasteiger partial charge in [-0.3, -0.25) is 19.7 Å². The summed E-state index contributed by atoms with van der Waals surface area (Å²) in [5.74, 6) is -1.37. The third kappa shape index (κ3) is 3.93. The predicted octanol–water partition coefficient (Wildman–Crippen LogP) is 4.21. The third-order valence-electron chi connectivity index (χ3n) is 10.2. The van der Waals surface area contributed by atoms with Gasteiger partial charge in [-0.15, -0.1) is 0 Å². The van der Waals surface area contributed by atoms with Crippen molar-refractivity contribution in [1.82, 2.24) is 0 Å². The Morgan fingerprint density at radius 1 is 1.21 bits per heavy atom. The van der Waals surface area contributed by atoms with Crippen molar-refractivity contribution < 1.29 is 34.3 Å². The fraction of sp³-hybridized carbons (Fsp3) is 0.607. The molecule has 4 aliphatic carbocycles. The van der Waals surface area contributed by atoms with Crippen molar-refractivity contribution in [3.8, 4) is 0 Å². The van der Waals surface area contributed by atoms with E-state index in [9.17, 15) is 34.7 Å². The highest BCUT2D eigenvalue weighted by molar-refractivity contribution is 6.33. The molecule has 0 spiro atoms. The van der Waals surface area contributed by atoms with Crippen LogP contribution in [0.3, 0.4) is 0 Å². The SMILES string of the molecule is C[C@]12CCC(=O)C=C1CC[C@@H]1[C@@H]2[C@@H](O)C[C@@]2(C)[C@H]1CC[C@@]2(O)C(=O)COC(=O)c1ccc([N+](=O)[O-])cc1Cl. The predicted molar refractivity (Wildman–Crippen MR) is 136 cm³/mol. The number of ether oxygens (including phenoxy) is 1. The van der Waals surface area contributed by atoms with Gasteiger partial charge in [-0.1, -0.05) is 31.0 Å². The van der Waals surface area contributed by atoms with Gasteiger partial charge < -0.3 is 14.9 Å². The summed E-state index contributed by atoms with van der Waals surface area (Å²) in [5, 5.41) is 34.0. The molecule has 0 radical (unpaired) electrons. The Labute approximate surface area is 225 Å². The number of nitrogens with zero attached hydrogens (tertiary/aromatic N) is 1. The number of carbonyl (C=O) groups is 3. The van der Waals surface area contributed by atoms with Gasteiger partial charge in [0.1, 0.15) is 5.60 Å². The topological polar surface area (TPSA) is 144 Å². The molecular formula is C28H32ClNO8. The second-order valence-electron chi connectivity index (χ2n) is 11.9. The standard InChI is InChI=1S/C28H32ClNO8/c1-26-9-7-17(31)11-15(26)3-5-18-20-8-10-28(35,27(20,2)13-22(32)24(18)26)23(33)14-38-25(34)19-6-4-16(30(36)37)12-21(19)29/h4,6,11-12,18,20,22,24,32,35H,3,5,7-10,13-14H2,1-2H3/t18-,20-,22-,24+,26-,27-,28+/m0/s1. The number of Topliss-reactive ketones (excluding diaryl/α,β-unsaturated/α-hetero) is 1. The molecule has 0 amide bonds. The van der Waals surface area contributed by atoms with Crippen LogP contribution in [-0.2, 0) is 14.3 Å². The lowest BCUT2D eigenvalue weighted by atomic mass is 9.45. The van der Waals surface area contributed by atoms with E-state index in [-0.39, 0.29) is 58.1 Å². The fourth-order valence-corrected chi connectivity index (χ4v) is 8.51. The molecule has 0 unspecified atom stereocenters. The molecule has 9 nitrogen and oxygen atoms in total. The number of aliphatic hydroxyl groups excluding tert-OH is 1. The molecule has 5 rings (SSSR count). The number of rotatable bonds is 5. The summed E-state index contributed by atoms with van der Waals surface area (Å²) >= 11 is 6.01. The Kier molecular flexibility index (Phi) is 6.56. The van der Waals surface area contributed by atoms with E-state index in [0.29, 0.717) is 19.3 Å². The van der Waals surface area contributed by atoms with Gasteiger partial charge in [0, 0.05) is 24.0 Å². The summed E-state index contributed by atoms with van der Waals surface area (Å²) < 4.78 is 5.20. The van der Waals surface area contributed by atoms with Crippen molar-refractivity contribution in [2.45, 2.75) is 70.5 Å². The first-order valence-corrected chi connectivity index (χ1v) is 13.5. The molecular weight excluding hydrogens is 514 g/mol. The number of ketones is 2. The minimum atomic E-state index is -1.78. The Morgan fingerprint density at radius 2 is 1.95 bits per heavy atom. The van der Waals surface area contributed by atoms with Crippen LogP contribution in [0.5, 0.6) is 0 Å². The van der Waals surface area contributed by atoms with Gasteiger partial charge in [0.25, 0.3) is 5.69 Å². The van der Waals surface area contributed by atoms with Gasteiger partial charge in [0.15, 0.2) is 12.4 Å². The highest BCUT2D eigenvalue weighted by Crippen LogP contribution is 2.67. The number of hydrogen-bond donors (Lipinski definition) is 2. The van der Waals surface area contributed by atoms with Crippen LogP contribution in [0.15, 0.2) is 29.8 Å². The summed E-state index contributed by atoms with van der Waals surface area (Å²) in [6.45, 7) is 3.32. The van der Waals surface area contributed by atoms with E-state index >= 15 is 0 Å². The van der Waals surface area contributed by atoms with Crippen LogP contribution < -0.4 is 0 Å². The van der Waals surface area contributed by atoms with E-state index < -0.39 is 40.4 Å². The molecule has 3 fully saturated rings. The molecule has 10 heteroatoms. The summed E-state index contributed by atoms with van der Waals surface area (Å²) in [7, 11) is 0. The lowest BCUT2D eigenvalue weighted by molar-refractivity contribution is -0.384. The first-order chi connectivity index (χ1) is 17.8. The molecule has 1 aromatic rings. The van der Waals surface area contributed by atoms with E-state index in [1.54, 1.807) is 6.08 Å². The van der Waals surface area contributed by atoms with Crippen LogP contribution in [-0.4, -0.2) is 51.0 Å². The van der Waals surface area contributed by atoms with Crippen molar-refractivity contribution >= 4 is 34.8 Å². The second-order valence-corrected chi connectivity index (χ2v) is 12.3. The number of fused-ring (bicyclic) bond motifs is 5. The van der Waals surface area contributed by atoms with Gasteiger partial charge in [0.2, 0.25) is 5.78 Å². The summed E-state index contributed by atoms with van der Waals surface area (Å²) in [4.78, 5) is 48.3. The maximum absolute atomic E-state index is 13.4. The van der Waals surface area contributed by atoms with Crippen LogP contribution in [0, 0.1) is 38.7 Å². The van der Waals surface area contributed by atoms with Crippen LogP contribution >= 0.6 is 11.6 Å². The largest absolute Gasteiger partial charge is 0.454 e. The van der Waals surface area contributed by atoms with Gasteiger partial charge in [-0.05, 0) is 73.8 Å². The van der Waals surface area contributed by atoms with Crippen molar-refractivity contribution in [2.75, 3.05) is 6.61 Å². The van der Waals surface area contributed by atoms with Gasteiger partial charge >= 0.3 is 5.97 Å². The van der Waals surface area contributed by atoms with Gasteiger partial charge in [-0.2, -0.15) is 0 Å². The zero-order chi connectivity index (χ0) is 27.6. The Hall–Kier alpha value is -2.62. The first kappa shape index (κ1) is 27.0. The van der Waals surface area contributed by atoms with E-state index in [2.05, 4.69) is 6.92 Å². The molecule has 0 aromatic heterocycles. The zero-order valence-electron chi connectivity index (χ0n) is 21.4. The zero-order valence-corrected chi connectivity index (χ0v) is 22.2. The van der Waals surface area contributed by atoms with Crippen molar-refractivity contribution in [1.29, 1.82) is 0 Å². The normalized spacial score (nSPS) is 37.9. The van der Waals surface area contributed by atoms with Crippen LogP contribution in [0.25, 0.3) is 0 Å². The number of benzene rings is 1. The molecule has 204 valence electrons. The highest BCUT2D eigenvalue weighted by Gasteiger charge is 2.68. The Balaban J connectivity index is 1.33. The van der Waals surface area contributed by atoms with E-state index in [4.69, 9.17) is 16.3 Å². The Bertz CT molecular complexity index is 1260. The quantitative estimate of drug-likeness (QED) is 0.318. The minimum absolute atomic E-state index is 0.000622. The van der Waals surface area contributed by atoms with Crippen molar-refractivity contribution in [3.63, 3.8) is 0 Å². The first-order valence-electron chi connectivity index (χ1n) is 13.1. The number of aliphatic hydroxyl groups is 2. The van der Waals surface area contributed by atoms with Crippen molar-refractivity contribution in [3.05, 3.63) is 50.5 Å². The second kappa shape index (κ2) is 9.24. The van der Waals surface area contributed by atoms with E-state index in [1.807, 2.05) is 6.92 Å². The van der Waals surface area contributed by atoms with E-state index in [0.717, 1.165) is 36.6 Å².